The zero-order chi connectivity index (χ0) is 21.7. The summed E-state index contributed by atoms with van der Waals surface area (Å²) in [6.45, 7) is 3.96. The van der Waals surface area contributed by atoms with Gasteiger partial charge in [-0.1, -0.05) is 6.07 Å². The van der Waals surface area contributed by atoms with Gasteiger partial charge in [-0.3, -0.25) is 19.4 Å². The predicted octanol–water partition coefficient (Wildman–Crippen LogP) is 1.32. The van der Waals surface area contributed by atoms with Crippen LogP contribution in [-0.2, 0) is 15.0 Å². The number of likely N-dealkylation sites (tertiary alicyclic amines) is 2. The quantitative estimate of drug-likeness (QED) is 0.695. The van der Waals surface area contributed by atoms with Gasteiger partial charge in [-0.05, 0) is 56.6 Å². The third-order valence-electron chi connectivity index (χ3n) is 10.0. The van der Waals surface area contributed by atoms with Gasteiger partial charge in [0.25, 0.3) is 0 Å². The van der Waals surface area contributed by atoms with E-state index in [2.05, 4.69) is 4.90 Å². The number of amides is 2. The zero-order valence-corrected chi connectivity index (χ0v) is 18.2. The molecule has 8 atom stereocenters. The minimum atomic E-state index is -0.968. The number of fused-ring (bicyclic) bond motifs is 4. The van der Waals surface area contributed by atoms with Crippen molar-refractivity contribution in [2.24, 2.45) is 23.7 Å². The molecule has 1 aromatic rings. The molecule has 4 saturated carbocycles. The van der Waals surface area contributed by atoms with Crippen molar-refractivity contribution in [3.05, 3.63) is 23.3 Å². The van der Waals surface area contributed by atoms with Crippen LogP contribution >= 0.6 is 0 Å². The molecule has 0 aromatic heterocycles. The molecule has 2 saturated heterocycles. The summed E-state index contributed by atoms with van der Waals surface area (Å²) in [6.07, 6.45) is 3.83. The number of rotatable bonds is 3. The van der Waals surface area contributed by atoms with Crippen molar-refractivity contribution in [2.45, 2.75) is 68.2 Å². The number of aliphatic hydroxyl groups is 1. The number of carbonyl (C=O) groups excluding carboxylic acids is 2. The van der Waals surface area contributed by atoms with E-state index in [4.69, 9.17) is 4.74 Å². The molecule has 7 heteroatoms. The molecular weight excluding hydrogens is 408 g/mol. The number of phenolic OH excluding ortho intramolecular Hbond substituents is 1. The number of aryl methyl sites for hydroxylation is 1. The third kappa shape index (κ3) is 1.76. The standard InChI is InChI=1S/C25H28N2O5/c1-11-2-5-17(28)19-18(11)25-15-10-26(9-12-3-4-12)20(15)24(25,31)7-6-16(21(25)32-19)27-22(29)13-8-14(13)23(27)30/h2,5,12-16,20-21,28,31H,3-4,6-10H2,1H3/t13-,14+,15?,16-,20-,21+,24-,25+/m1/s1. The van der Waals surface area contributed by atoms with Gasteiger partial charge in [0.15, 0.2) is 11.5 Å². The molecule has 7 nitrogen and oxygen atoms in total. The summed E-state index contributed by atoms with van der Waals surface area (Å²) in [7, 11) is 0. The molecule has 32 heavy (non-hydrogen) atoms. The summed E-state index contributed by atoms with van der Waals surface area (Å²) in [5, 5.41) is 23.0. The van der Waals surface area contributed by atoms with Crippen LogP contribution in [0.5, 0.6) is 11.5 Å². The largest absolute Gasteiger partial charge is 0.504 e. The molecule has 7 aliphatic rings. The van der Waals surface area contributed by atoms with E-state index in [0.29, 0.717) is 25.0 Å². The average Bonchev–Trinajstić information content (AvgIpc) is 3.65. The monoisotopic (exact) mass is 436 g/mol. The first-order chi connectivity index (χ1) is 15.4. The Morgan fingerprint density at radius 1 is 1.16 bits per heavy atom. The normalized spacial score (nSPS) is 47.5. The summed E-state index contributed by atoms with van der Waals surface area (Å²) in [4.78, 5) is 29.9. The molecule has 1 spiro atoms. The van der Waals surface area contributed by atoms with Crippen molar-refractivity contribution in [3.8, 4) is 11.5 Å². The van der Waals surface area contributed by atoms with Gasteiger partial charge in [0.1, 0.15) is 6.10 Å². The maximum atomic E-state index is 13.0. The molecule has 2 amide bonds. The van der Waals surface area contributed by atoms with Gasteiger partial charge in [0.2, 0.25) is 11.8 Å². The molecule has 6 fully saturated rings. The van der Waals surface area contributed by atoms with Gasteiger partial charge in [-0.15, -0.1) is 0 Å². The molecule has 3 heterocycles. The van der Waals surface area contributed by atoms with E-state index in [1.807, 2.05) is 13.0 Å². The lowest BCUT2D eigenvalue weighted by Crippen LogP contribution is -2.92. The zero-order valence-electron chi connectivity index (χ0n) is 18.2. The minimum absolute atomic E-state index is 0.0640. The van der Waals surface area contributed by atoms with Crippen LogP contribution in [0.4, 0.5) is 0 Å². The van der Waals surface area contributed by atoms with Crippen LogP contribution < -0.4 is 4.74 Å². The maximum Gasteiger partial charge on any atom is 0.233 e. The summed E-state index contributed by atoms with van der Waals surface area (Å²) >= 11 is 0. The topological polar surface area (TPSA) is 90.3 Å². The van der Waals surface area contributed by atoms with E-state index < -0.39 is 17.1 Å². The minimum Gasteiger partial charge on any atom is -0.504 e. The third-order valence-corrected chi connectivity index (χ3v) is 10.0. The SMILES string of the molecule is Cc1ccc(O)c2c1[C@]13C4CN(CC5CC5)[C@H]4[C@]1(O)CC[C@@H](N1C(=O)[C@H]4C[C@H]4C1=O)[C@@H]3O2. The van der Waals surface area contributed by atoms with Gasteiger partial charge in [0.05, 0.1) is 28.9 Å². The van der Waals surface area contributed by atoms with Gasteiger partial charge in [0, 0.05) is 30.6 Å². The molecule has 168 valence electrons. The second-order valence-electron chi connectivity index (χ2n) is 11.5. The number of benzene rings is 1. The Bertz CT molecular complexity index is 1100. The Hall–Kier alpha value is -2.12. The van der Waals surface area contributed by atoms with Crippen LogP contribution in [-0.4, -0.2) is 68.7 Å². The number of nitrogens with zero attached hydrogens (tertiary/aromatic N) is 2. The number of hydrogen-bond donors (Lipinski definition) is 2. The summed E-state index contributed by atoms with van der Waals surface area (Å²) in [6, 6.07) is 3.26. The van der Waals surface area contributed by atoms with Crippen molar-refractivity contribution in [2.75, 3.05) is 13.1 Å². The number of hydrogen-bond acceptors (Lipinski definition) is 6. The van der Waals surface area contributed by atoms with Crippen LogP contribution in [0.15, 0.2) is 12.1 Å². The van der Waals surface area contributed by atoms with Crippen molar-refractivity contribution >= 4 is 11.8 Å². The van der Waals surface area contributed by atoms with E-state index in [1.54, 1.807) is 6.07 Å². The molecule has 1 aromatic carbocycles. The first kappa shape index (κ1) is 18.3. The summed E-state index contributed by atoms with van der Waals surface area (Å²) in [5.74, 6) is 1.07. The van der Waals surface area contributed by atoms with Crippen LogP contribution in [0.2, 0.25) is 0 Å². The highest BCUT2D eigenvalue weighted by Crippen LogP contribution is 2.74. The number of imide groups is 1. The molecule has 0 bridgehead atoms. The summed E-state index contributed by atoms with van der Waals surface area (Å²) in [5.41, 5.74) is 0.267. The smallest absolute Gasteiger partial charge is 0.233 e. The molecule has 8 rings (SSSR count). The van der Waals surface area contributed by atoms with Crippen LogP contribution in [0, 0.1) is 30.6 Å². The van der Waals surface area contributed by atoms with Crippen LogP contribution in [0.25, 0.3) is 0 Å². The van der Waals surface area contributed by atoms with Gasteiger partial charge >= 0.3 is 0 Å². The number of ether oxygens (including phenoxy) is 1. The molecule has 4 aliphatic carbocycles. The second-order valence-corrected chi connectivity index (χ2v) is 11.5. The Kier molecular flexibility index (Phi) is 3.05. The first-order valence-corrected chi connectivity index (χ1v) is 12.2. The van der Waals surface area contributed by atoms with Gasteiger partial charge < -0.3 is 14.9 Å². The van der Waals surface area contributed by atoms with Crippen molar-refractivity contribution in [1.82, 2.24) is 9.80 Å². The Morgan fingerprint density at radius 2 is 1.91 bits per heavy atom. The highest BCUT2D eigenvalue weighted by atomic mass is 16.5. The lowest BCUT2D eigenvalue weighted by atomic mass is 9.35. The fraction of sp³-hybridized carbons (Fsp3) is 0.680. The Morgan fingerprint density at radius 3 is 2.62 bits per heavy atom. The molecule has 2 N–H and O–H groups in total. The van der Waals surface area contributed by atoms with Gasteiger partial charge in [-0.2, -0.15) is 0 Å². The van der Waals surface area contributed by atoms with Crippen molar-refractivity contribution in [3.63, 3.8) is 0 Å². The molecule has 3 aliphatic heterocycles. The number of aromatic hydroxyl groups is 1. The lowest BCUT2D eigenvalue weighted by Gasteiger charge is -2.78. The fourth-order valence-corrected chi connectivity index (χ4v) is 8.48. The van der Waals surface area contributed by atoms with Gasteiger partial charge in [-0.25, -0.2) is 0 Å². The van der Waals surface area contributed by atoms with Crippen molar-refractivity contribution < 1.29 is 24.5 Å². The van der Waals surface area contributed by atoms with Crippen molar-refractivity contribution in [1.29, 1.82) is 0 Å². The highest BCUT2D eigenvalue weighted by Gasteiger charge is 2.85. The second kappa shape index (κ2) is 5.33. The number of carbonyl (C=O) groups is 2. The Balaban J connectivity index is 1.26. The van der Waals surface area contributed by atoms with E-state index >= 15 is 0 Å². The predicted molar refractivity (Wildman–Crippen MR) is 112 cm³/mol. The molecule has 1 unspecified atom stereocenters. The van der Waals surface area contributed by atoms with E-state index in [1.165, 1.54) is 17.7 Å². The summed E-state index contributed by atoms with van der Waals surface area (Å²) < 4.78 is 6.49. The average molecular weight is 437 g/mol. The van der Waals surface area contributed by atoms with E-state index in [9.17, 15) is 19.8 Å². The molecule has 0 radical (unpaired) electrons. The number of piperidine rings is 2. The molecular formula is C25H28N2O5. The van der Waals surface area contributed by atoms with E-state index in [0.717, 1.165) is 30.1 Å². The first-order valence-electron chi connectivity index (χ1n) is 12.2. The van der Waals surface area contributed by atoms with Crippen LogP contribution in [0.3, 0.4) is 0 Å². The van der Waals surface area contributed by atoms with Crippen LogP contribution in [0.1, 0.15) is 43.2 Å². The fourth-order valence-electron chi connectivity index (χ4n) is 8.48. The lowest BCUT2D eigenvalue weighted by molar-refractivity contribution is -0.321. The maximum absolute atomic E-state index is 13.0. The highest BCUT2D eigenvalue weighted by molar-refractivity contribution is 6.09. The Labute approximate surface area is 186 Å². The number of phenols is 1. The van der Waals surface area contributed by atoms with E-state index in [-0.39, 0.29) is 47.4 Å².